The van der Waals surface area contributed by atoms with Crippen LogP contribution in [0.3, 0.4) is 0 Å². The van der Waals surface area contributed by atoms with Gasteiger partial charge in [0, 0.05) is 0 Å². The van der Waals surface area contributed by atoms with Gasteiger partial charge in [0.25, 0.3) is 11.8 Å². The van der Waals surface area contributed by atoms with Crippen molar-refractivity contribution in [2.45, 2.75) is 44.9 Å². The molecule has 2 rings (SSSR count). The zero-order valence-electron chi connectivity index (χ0n) is 9.55. The molecule has 0 aromatic heterocycles. The Labute approximate surface area is 94.4 Å². The van der Waals surface area contributed by atoms with Crippen molar-refractivity contribution in [2.75, 3.05) is 6.61 Å². The van der Waals surface area contributed by atoms with Crippen molar-refractivity contribution in [1.82, 2.24) is 4.90 Å². The summed E-state index contributed by atoms with van der Waals surface area (Å²) in [6, 6.07) is -0.424. The third-order valence-electron chi connectivity index (χ3n) is 3.33. The first kappa shape index (κ1) is 11.5. The van der Waals surface area contributed by atoms with Crippen molar-refractivity contribution < 1.29 is 19.4 Å². The summed E-state index contributed by atoms with van der Waals surface area (Å²) in [5.41, 5.74) is 0. The van der Waals surface area contributed by atoms with Crippen molar-refractivity contribution >= 4 is 11.8 Å². The molecule has 0 radical (unpaired) electrons. The number of likely N-dealkylation sites (tertiary alicyclic amines) is 1. The van der Waals surface area contributed by atoms with E-state index in [1.165, 1.54) is 4.90 Å². The van der Waals surface area contributed by atoms with Crippen molar-refractivity contribution in [2.24, 2.45) is 5.92 Å². The maximum absolute atomic E-state index is 12.0. The zero-order chi connectivity index (χ0) is 11.9. The van der Waals surface area contributed by atoms with E-state index in [4.69, 9.17) is 4.74 Å². The minimum absolute atomic E-state index is 0.0513. The van der Waals surface area contributed by atoms with E-state index in [1.54, 1.807) is 0 Å². The van der Waals surface area contributed by atoms with E-state index < -0.39 is 18.2 Å². The van der Waals surface area contributed by atoms with Crippen LogP contribution in [-0.4, -0.2) is 46.7 Å². The SMILES string of the molecule is CC(C)[C@H](CO)N1C(=O)C2CCC(O2)C1=O. The minimum Gasteiger partial charge on any atom is -0.394 e. The number of ether oxygens (including phenoxy) is 1. The average molecular weight is 227 g/mol. The maximum Gasteiger partial charge on any atom is 0.258 e. The van der Waals surface area contributed by atoms with Crippen molar-refractivity contribution in [3.8, 4) is 0 Å². The summed E-state index contributed by atoms with van der Waals surface area (Å²) in [5.74, 6) is -0.520. The van der Waals surface area contributed by atoms with Crippen LogP contribution in [0.15, 0.2) is 0 Å². The van der Waals surface area contributed by atoms with Crippen LogP contribution in [0.4, 0.5) is 0 Å². The second kappa shape index (κ2) is 4.14. The highest BCUT2D eigenvalue weighted by Crippen LogP contribution is 2.30. The fraction of sp³-hybridized carbons (Fsp3) is 0.818. The zero-order valence-corrected chi connectivity index (χ0v) is 9.55. The number of hydrogen-bond donors (Lipinski definition) is 1. The van der Waals surface area contributed by atoms with Crippen LogP contribution in [0.5, 0.6) is 0 Å². The molecule has 1 N–H and O–H groups in total. The largest absolute Gasteiger partial charge is 0.394 e. The molecule has 2 unspecified atom stereocenters. The van der Waals surface area contributed by atoms with E-state index in [1.807, 2.05) is 13.8 Å². The molecule has 5 heteroatoms. The average Bonchev–Trinajstić information content (AvgIpc) is 2.67. The normalized spacial score (nSPS) is 31.4. The first-order valence-electron chi connectivity index (χ1n) is 5.69. The van der Waals surface area contributed by atoms with E-state index >= 15 is 0 Å². The maximum atomic E-state index is 12.0. The lowest BCUT2D eigenvalue weighted by Crippen LogP contribution is -2.58. The molecule has 2 saturated heterocycles. The second-order valence-corrected chi connectivity index (χ2v) is 4.73. The Morgan fingerprint density at radius 2 is 1.81 bits per heavy atom. The Hall–Kier alpha value is -0.940. The molecule has 90 valence electrons. The number of imide groups is 1. The molecule has 2 amide bonds. The second-order valence-electron chi connectivity index (χ2n) is 4.73. The lowest BCUT2D eigenvalue weighted by atomic mass is 10.0. The van der Waals surface area contributed by atoms with Gasteiger partial charge in [-0.25, -0.2) is 0 Å². The van der Waals surface area contributed by atoms with Gasteiger partial charge >= 0.3 is 0 Å². The first-order valence-corrected chi connectivity index (χ1v) is 5.69. The van der Waals surface area contributed by atoms with E-state index in [0.717, 1.165) is 0 Å². The monoisotopic (exact) mass is 227 g/mol. The fourth-order valence-corrected chi connectivity index (χ4v) is 2.34. The summed E-state index contributed by atoms with van der Waals surface area (Å²) < 4.78 is 5.30. The quantitative estimate of drug-likeness (QED) is 0.685. The molecule has 2 aliphatic rings. The van der Waals surface area contributed by atoms with Gasteiger partial charge in [-0.3, -0.25) is 14.5 Å². The number of rotatable bonds is 3. The smallest absolute Gasteiger partial charge is 0.258 e. The molecule has 5 nitrogen and oxygen atoms in total. The van der Waals surface area contributed by atoms with Crippen LogP contribution in [0.2, 0.25) is 0 Å². The lowest BCUT2D eigenvalue weighted by Gasteiger charge is -2.36. The molecular formula is C11H17NO4. The molecule has 2 bridgehead atoms. The van der Waals surface area contributed by atoms with E-state index in [9.17, 15) is 14.7 Å². The van der Waals surface area contributed by atoms with Crippen molar-refractivity contribution in [1.29, 1.82) is 0 Å². The Morgan fingerprint density at radius 3 is 2.19 bits per heavy atom. The lowest BCUT2D eigenvalue weighted by molar-refractivity contribution is -0.174. The van der Waals surface area contributed by atoms with E-state index in [2.05, 4.69) is 0 Å². The molecule has 0 aliphatic carbocycles. The van der Waals surface area contributed by atoms with Gasteiger partial charge in [-0.1, -0.05) is 13.8 Å². The van der Waals surface area contributed by atoms with E-state index in [0.29, 0.717) is 12.8 Å². The van der Waals surface area contributed by atoms with Gasteiger partial charge in [0.05, 0.1) is 12.6 Å². The Kier molecular flexibility index (Phi) is 2.99. The highest BCUT2D eigenvalue weighted by atomic mass is 16.5. The molecule has 2 aliphatic heterocycles. The molecule has 0 saturated carbocycles. The Bertz CT molecular complexity index is 293. The number of carbonyl (C=O) groups is 2. The number of aliphatic hydroxyl groups is 1. The summed E-state index contributed by atoms with van der Waals surface area (Å²) in [6.07, 6.45) is 0.273. The highest BCUT2D eigenvalue weighted by molar-refractivity contribution is 6.02. The van der Waals surface area contributed by atoms with Gasteiger partial charge in [0.15, 0.2) is 0 Å². The van der Waals surface area contributed by atoms with Crippen molar-refractivity contribution in [3.05, 3.63) is 0 Å². The van der Waals surface area contributed by atoms with Crippen LogP contribution >= 0.6 is 0 Å². The molecule has 0 aromatic carbocycles. The van der Waals surface area contributed by atoms with Gasteiger partial charge in [-0.15, -0.1) is 0 Å². The predicted octanol–water partition coefficient (Wildman–Crippen LogP) is -0.0803. The van der Waals surface area contributed by atoms with Gasteiger partial charge in [0.2, 0.25) is 0 Å². The van der Waals surface area contributed by atoms with Crippen molar-refractivity contribution in [3.63, 3.8) is 0 Å². The molecule has 3 atom stereocenters. The van der Waals surface area contributed by atoms with Gasteiger partial charge in [-0.2, -0.15) is 0 Å². The summed E-state index contributed by atoms with van der Waals surface area (Å²) in [7, 11) is 0. The summed E-state index contributed by atoms with van der Waals surface area (Å²) >= 11 is 0. The third kappa shape index (κ3) is 1.64. The van der Waals surface area contributed by atoms with Crippen LogP contribution in [0.25, 0.3) is 0 Å². The fourth-order valence-electron chi connectivity index (χ4n) is 2.34. The third-order valence-corrected chi connectivity index (χ3v) is 3.33. The van der Waals surface area contributed by atoms with Crippen LogP contribution < -0.4 is 0 Å². The van der Waals surface area contributed by atoms with Gasteiger partial charge in [0.1, 0.15) is 12.2 Å². The number of fused-ring (bicyclic) bond motifs is 2. The van der Waals surface area contributed by atoms with Gasteiger partial charge in [-0.05, 0) is 18.8 Å². The van der Waals surface area contributed by atoms with Gasteiger partial charge < -0.3 is 9.84 Å². The van der Waals surface area contributed by atoms with Crippen LogP contribution in [0.1, 0.15) is 26.7 Å². The molecular weight excluding hydrogens is 210 g/mol. The summed E-state index contributed by atoms with van der Waals surface area (Å²) in [6.45, 7) is 3.59. The number of morpholine rings is 1. The molecule has 16 heavy (non-hydrogen) atoms. The standard InChI is InChI=1S/C11H17NO4/c1-6(2)7(5-13)12-10(14)8-3-4-9(16-8)11(12)15/h6-9,13H,3-5H2,1-2H3/t7-,8?,9?/m0/s1. The Balaban J connectivity index is 2.25. The molecule has 0 aromatic rings. The van der Waals surface area contributed by atoms with Crippen LogP contribution in [-0.2, 0) is 14.3 Å². The topological polar surface area (TPSA) is 66.8 Å². The summed E-state index contributed by atoms with van der Waals surface area (Å²) in [5, 5.41) is 9.29. The predicted molar refractivity (Wildman–Crippen MR) is 55.5 cm³/mol. The number of nitrogens with zero attached hydrogens (tertiary/aromatic N) is 1. The minimum atomic E-state index is -0.476. The highest BCUT2D eigenvalue weighted by Gasteiger charge is 2.49. The summed E-state index contributed by atoms with van der Waals surface area (Å²) in [4.78, 5) is 25.2. The number of hydrogen-bond acceptors (Lipinski definition) is 4. The molecule has 2 fully saturated rings. The Morgan fingerprint density at radius 1 is 1.31 bits per heavy atom. The number of amides is 2. The first-order chi connectivity index (χ1) is 7.56. The van der Waals surface area contributed by atoms with E-state index in [-0.39, 0.29) is 24.3 Å². The van der Waals surface area contributed by atoms with Crippen LogP contribution in [0, 0.1) is 5.92 Å². The molecule has 2 heterocycles. The number of carbonyl (C=O) groups excluding carboxylic acids is 2. The number of aliphatic hydroxyl groups excluding tert-OH is 1. The molecule has 0 spiro atoms.